The van der Waals surface area contributed by atoms with Gasteiger partial charge in [-0.3, -0.25) is 4.79 Å². The average molecular weight is 337 g/mol. The largest absolute Gasteiger partial charge is 0.467 e. The molecule has 0 unspecified atom stereocenters. The number of carbonyl (C=O) groups excluding carboxylic acids is 1. The molecule has 0 aliphatic heterocycles. The Balaban J connectivity index is 1.83. The molecule has 0 fully saturated rings. The van der Waals surface area contributed by atoms with E-state index in [1.54, 1.807) is 6.07 Å². The van der Waals surface area contributed by atoms with Crippen molar-refractivity contribution in [3.05, 3.63) is 58.0 Å². The third-order valence-electron chi connectivity index (χ3n) is 3.02. The van der Waals surface area contributed by atoms with Gasteiger partial charge in [0.05, 0.1) is 12.1 Å². The smallest absolute Gasteiger partial charge is 0.251 e. The fourth-order valence-corrected chi connectivity index (χ4v) is 2.19. The summed E-state index contributed by atoms with van der Waals surface area (Å²) in [5.41, 5.74) is 6.85. The summed E-state index contributed by atoms with van der Waals surface area (Å²) in [6, 6.07) is 10.2. The molecule has 4 nitrogen and oxygen atoms in total. The Hall–Kier alpha value is -1.59. The molecule has 1 aromatic carbocycles. The van der Waals surface area contributed by atoms with Crippen LogP contribution in [0.3, 0.4) is 0 Å². The molecule has 0 saturated carbocycles. The molecule has 20 heavy (non-hydrogen) atoms. The maximum Gasteiger partial charge on any atom is 0.251 e. The van der Waals surface area contributed by atoms with E-state index in [-0.39, 0.29) is 0 Å². The van der Waals surface area contributed by atoms with E-state index >= 15 is 0 Å². The van der Waals surface area contributed by atoms with Gasteiger partial charge in [-0.15, -0.1) is 0 Å². The van der Waals surface area contributed by atoms with Crippen LogP contribution in [0, 0.1) is 0 Å². The Labute approximate surface area is 126 Å². The molecule has 3 N–H and O–H groups in total. The Morgan fingerprint density at radius 2 is 2.10 bits per heavy atom. The van der Waals surface area contributed by atoms with Crippen molar-refractivity contribution in [3.8, 4) is 0 Å². The van der Waals surface area contributed by atoms with Crippen molar-refractivity contribution in [2.75, 3.05) is 0 Å². The number of nitrogens with two attached hydrogens (primary N) is 1. The second kappa shape index (κ2) is 6.72. The third kappa shape index (κ3) is 4.21. The lowest BCUT2D eigenvalue weighted by molar-refractivity contribution is 0.0999. The van der Waals surface area contributed by atoms with Gasteiger partial charge in [0.1, 0.15) is 12.0 Å². The van der Waals surface area contributed by atoms with Gasteiger partial charge < -0.3 is 15.5 Å². The molecule has 1 amide bonds. The van der Waals surface area contributed by atoms with Gasteiger partial charge in [0.2, 0.25) is 0 Å². The Bertz CT molecular complexity index is 578. The van der Waals surface area contributed by atoms with Crippen molar-refractivity contribution in [1.29, 1.82) is 0 Å². The monoisotopic (exact) mass is 336 g/mol. The van der Waals surface area contributed by atoms with E-state index < -0.39 is 5.91 Å². The van der Waals surface area contributed by atoms with Crippen LogP contribution in [0.1, 0.15) is 28.6 Å². The van der Waals surface area contributed by atoms with Crippen LogP contribution in [-0.2, 0) is 13.0 Å². The normalized spacial score (nSPS) is 12.3. The van der Waals surface area contributed by atoms with Crippen molar-refractivity contribution in [3.63, 3.8) is 0 Å². The van der Waals surface area contributed by atoms with Gasteiger partial charge in [0.15, 0.2) is 0 Å². The number of primary amides is 1. The number of amides is 1. The minimum absolute atomic E-state index is 0.304. The molecule has 2 rings (SSSR count). The van der Waals surface area contributed by atoms with Gasteiger partial charge in [0, 0.05) is 10.5 Å². The van der Waals surface area contributed by atoms with E-state index in [2.05, 4.69) is 40.3 Å². The quantitative estimate of drug-likeness (QED) is 0.852. The molecular formula is C15H17BrN2O2. The summed E-state index contributed by atoms with van der Waals surface area (Å²) >= 11 is 3.42. The molecular weight excluding hydrogens is 320 g/mol. The maximum atomic E-state index is 11.0. The first-order valence-corrected chi connectivity index (χ1v) is 7.19. The number of benzene rings is 1. The van der Waals surface area contributed by atoms with Crippen LogP contribution in [0.4, 0.5) is 0 Å². The summed E-state index contributed by atoms with van der Waals surface area (Å²) in [6.07, 6.45) is 2.31. The van der Waals surface area contributed by atoms with E-state index in [9.17, 15) is 4.79 Å². The summed E-state index contributed by atoms with van der Waals surface area (Å²) < 4.78 is 6.35. The lowest BCUT2D eigenvalue weighted by atomic mass is 10.1. The van der Waals surface area contributed by atoms with Gasteiger partial charge in [-0.2, -0.15) is 0 Å². The summed E-state index contributed by atoms with van der Waals surface area (Å²) in [4.78, 5) is 11.0. The van der Waals surface area contributed by atoms with Crippen molar-refractivity contribution in [2.24, 2.45) is 5.73 Å². The highest BCUT2D eigenvalue weighted by Crippen LogP contribution is 2.12. The standard InChI is InChI=1S/C15H17BrN2O2/c1-10(6-11-2-4-13(16)5-3-11)18-8-14-7-12(9-20-14)15(17)19/h2-5,7,9-10,18H,6,8H2,1H3,(H2,17,19)/t10-/m0/s1. The second-order valence-electron chi connectivity index (χ2n) is 4.78. The molecule has 0 aliphatic carbocycles. The second-order valence-corrected chi connectivity index (χ2v) is 5.69. The predicted octanol–water partition coefficient (Wildman–Crippen LogP) is 2.86. The minimum Gasteiger partial charge on any atom is -0.467 e. The fraction of sp³-hybridized carbons (Fsp3) is 0.267. The number of rotatable bonds is 6. The number of furan rings is 1. The minimum atomic E-state index is -0.470. The van der Waals surface area contributed by atoms with Crippen LogP contribution in [0.5, 0.6) is 0 Å². The van der Waals surface area contributed by atoms with E-state index in [1.807, 2.05) is 12.1 Å². The van der Waals surface area contributed by atoms with Gasteiger partial charge in [-0.25, -0.2) is 0 Å². The van der Waals surface area contributed by atoms with E-state index in [0.29, 0.717) is 23.9 Å². The van der Waals surface area contributed by atoms with E-state index in [0.717, 1.165) is 10.9 Å². The highest BCUT2D eigenvalue weighted by molar-refractivity contribution is 9.10. The first kappa shape index (κ1) is 14.8. The van der Waals surface area contributed by atoms with Crippen LogP contribution in [-0.4, -0.2) is 11.9 Å². The number of halogens is 1. The molecule has 106 valence electrons. The van der Waals surface area contributed by atoms with Crippen LogP contribution < -0.4 is 11.1 Å². The van der Waals surface area contributed by atoms with Gasteiger partial charge in [-0.1, -0.05) is 28.1 Å². The lowest BCUT2D eigenvalue weighted by Gasteiger charge is -2.12. The number of carbonyl (C=O) groups is 1. The molecule has 0 saturated heterocycles. The molecule has 0 aliphatic rings. The van der Waals surface area contributed by atoms with Crippen molar-refractivity contribution in [1.82, 2.24) is 5.32 Å². The highest BCUT2D eigenvalue weighted by Gasteiger charge is 2.08. The number of hydrogen-bond acceptors (Lipinski definition) is 3. The Morgan fingerprint density at radius 1 is 1.40 bits per heavy atom. The van der Waals surface area contributed by atoms with Crippen molar-refractivity contribution >= 4 is 21.8 Å². The van der Waals surface area contributed by atoms with Crippen LogP contribution in [0.15, 0.2) is 45.5 Å². The summed E-state index contributed by atoms with van der Waals surface area (Å²) in [6.45, 7) is 2.69. The van der Waals surface area contributed by atoms with E-state index in [1.165, 1.54) is 11.8 Å². The topological polar surface area (TPSA) is 68.3 Å². The summed E-state index contributed by atoms with van der Waals surface area (Å²) in [5, 5.41) is 3.36. The van der Waals surface area contributed by atoms with E-state index in [4.69, 9.17) is 10.2 Å². The molecule has 0 spiro atoms. The Morgan fingerprint density at radius 3 is 2.70 bits per heavy atom. The Kier molecular flexibility index (Phi) is 4.98. The first-order chi connectivity index (χ1) is 9.54. The summed E-state index contributed by atoms with van der Waals surface area (Å²) in [5.74, 6) is 0.240. The van der Waals surface area contributed by atoms with Gasteiger partial charge in [-0.05, 0) is 37.1 Å². The fourth-order valence-electron chi connectivity index (χ4n) is 1.92. The molecule has 1 heterocycles. The third-order valence-corrected chi connectivity index (χ3v) is 3.55. The molecule has 0 bridgehead atoms. The molecule has 2 aromatic rings. The lowest BCUT2D eigenvalue weighted by Crippen LogP contribution is -2.27. The highest BCUT2D eigenvalue weighted by atomic mass is 79.9. The maximum absolute atomic E-state index is 11.0. The van der Waals surface area contributed by atoms with Crippen molar-refractivity contribution < 1.29 is 9.21 Å². The SMILES string of the molecule is C[C@@H](Cc1ccc(Br)cc1)NCc1cc(C(N)=O)co1. The van der Waals surface area contributed by atoms with Crippen LogP contribution >= 0.6 is 15.9 Å². The van der Waals surface area contributed by atoms with Crippen LogP contribution in [0.2, 0.25) is 0 Å². The van der Waals surface area contributed by atoms with Crippen molar-refractivity contribution in [2.45, 2.75) is 25.9 Å². The summed E-state index contributed by atoms with van der Waals surface area (Å²) in [7, 11) is 0. The zero-order valence-corrected chi connectivity index (χ0v) is 12.8. The van der Waals surface area contributed by atoms with Gasteiger partial charge in [0.25, 0.3) is 5.91 Å². The zero-order valence-electron chi connectivity index (χ0n) is 11.2. The average Bonchev–Trinajstić information content (AvgIpc) is 2.88. The molecule has 5 heteroatoms. The molecule has 0 radical (unpaired) electrons. The molecule has 1 atom stereocenters. The number of nitrogens with one attached hydrogen (secondary N) is 1. The first-order valence-electron chi connectivity index (χ1n) is 6.39. The predicted molar refractivity (Wildman–Crippen MR) is 81.4 cm³/mol. The zero-order chi connectivity index (χ0) is 14.5. The number of hydrogen-bond donors (Lipinski definition) is 2. The molecule has 1 aromatic heterocycles. The van der Waals surface area contributed by atoms with Gasteiger partial charge >= 0.3 is 0 Å². The van der Waals surface area contributed by atoms with Crippen LogP contribution in [0.25, 0.3) is 0 Å².